The van der Waals surface area contributed by atoms with Crippen LogP contribution in [0.5, 0.6) is 0 Å². The third-order valence-corrected chi connectivity index (χ3v) is 12.8. The molecule has 6 heteroatoms. The number of unbranched alkanes of at least 4 members (excludes halogenated alkanes) is 3. The molecule has 9 atom stereocenters. The molecule has 244 valence electrons. The van der Waals surface area contributed by atoms with Crippen molar-refractivity contribution in [2.75, 3.05) is 20.2 Å². The van der Waals surface area contributed by atoms with Gasteiger partial charge in [-0.15, -0.1) is 0 Å². The van der Waals surface area contributed by atoms with Gasteiger partial charge < -0.3 is 21.1 Å². The van der Waals surface area contributed by atoms with E-state index in [9.17, 15) is 9.59 Å². The van der Waals surface area contributed by atoms with Gasteiger partial charge in [0.2, 0.25) is 5.91 Å². The van der Waals surface area contributed by atoms with Crippen molar-refractivity contribution in [1.29, 1.82) is 0 Å². The molecule has 0 radical (unpaired) electrons. The van der Waals surface area contributed by atoms with E-state index in [2.05, 4.69) is 24.5 Å². The fourth-order valence-corrected chi connectivity index (χ4v) is 10.3. The van der Waals surface area contributed by atoms with Crippen LogP contribution < -0.4 is 16.4 Å². The van der Waals surface area contributed by atoms with E-state index in [-0.39, 0.29) is 25.2 Å². The molecule has 0 saturated heterocycles. The normalized spacial score (nSPS) is 36.3. The maximum absolute atomic E-state index is 12.7. The Kier molecular flexibility index (Phi) is 13.2. The Morgan fingerprint density at radius 2 is 1.62 bits per heavy atom. The highest BCUT2D eigenvalue weighted by Gasteiger charge is 2.59. The zero-order valence-corrected chi connectivity index (χ0v) is 27.1. The molecule has 0 aromatic rings. The minimum atomic E-state index is -0.551. The average molecular weight is 590 g/mol. The summed E-state index contributed by atoms with van der Waals surface area (Å²) in [5, 5.41) is 6.87. The molecular formula is C36H67N3O3. The van der Waals surface area contributed by atoms with E-state index >= 15 is 0 Å². The van der Waals surface area contributed by atoms with Gasteiger partial charge in [-0.05, 0) is 143 Å². The number of rotatable bonds is 14. The van der Waals surface area contributed by atoms with E-state index in [0.29, 0.717) is 17.3 Å². The number of fused-ring (bicyclic) bond motifs is 5. The SMILES string of the molecule is C.COC(=O)C(NC(=O)CCCC1CCC2C3CCC4CC(NCCCCCCN)CCC4(C)C3CCC12C)C(C)C. The molecule has 4 aliphatic rings. The Labute approximate surface area is 258 Å². The number of nitrogens with one attached hydrogen (secondary N) is 2. The Bertz CT molecular complexity index is 864. The van der Waals surface area contributed by atoms with Gasteiger partial charge in [-0.3, -0.25) is 4.79 Å². The molecule has 4 rings (SSSR count). The van der Waals surface area contributed by atoms with Crippen LogP contribution in [-0.2, 0) is 14.3 Å². The summed E-state index contributed by atoms with van der Waals surface area (Å²) < 4.78 is 4.89. The summed E-state index contributed by atoms with van der Waals surface area (Å²) in [6, 6.07) is 0.175. The molecule has 4 fully saturated rings. The smallest absolute Gasteiger partial charge is 0.328 e. The first-order chi connectivity index (χ1) is 19.6. The number of carbonyl (C=O) groups excluding carboxylic acids is 2. The van der Waals surface area contributed by atoms with Crippen LogP contribution in [0.15, 0.2) is 0 Å². The zero-order chi connectivity index (χ0) is 29.6. The van der Waals surface area contributed by atoms with Crippen molar-refractivity contribution < 1.29 is 14.3 Å². The maximum Gasteiger partial charge on any atom is 0.328 e. The first-order valence-electron chi connectivity index (χ1n) is 17.4. The van der Waals surface area contributed by atoms with Crippen molar-refractivity contribution in [3.63, 3.8) is 0 Å². The summed E-state index contributed by atoms with van der Waals surface area (Å²) in [5.41, 5.74) is 6.62. The zero-order valence-electron chi connectivity index (χ0n) is 27.1. The van der Waals surface area contributed by atoms with Gasteiger partial charge in [0, 0.05) is 12.5 Å². The number of amides is 1. The van der Waals surface area contributed by atoms with Crippen LogP contribution in [0.1, 0.15) is 138 Å². The molecule has 42 heavy (non-hydrogen) atoms. The van der Waals surface area contributed by atoms with Crippen molar-refractivity contribution in [3.8, 4) is 0 Å². The van der Waals surface area contributed by atoms with Crippen LogP contribution in [0.4, 0.5) is 0 Å². The first-order valence-corrected chi connectivity index (χ1v) is 17.4. The van der Waals surface area contributed by atoms with Crippen LogP contribution in [0, 0.1) is 46.3 Å². The van der Waals surface area contributed by atoms with Crippen LogP contribution in [0.3, 0.4) is 0 Å². The predicted octanol–water partition coefficient (Wildman–Crippen LogP) is 7.24. The summed E-state index contributed by atoms with van der Waals surface area (Å²) in [7, 11) is 1.39. The monoisotopic (exact) mass is 590 g/mol. The predicted molar refractivity (Wildman–Crippen MR) is 174 cm³/mol. The lowest BCUT2D eigenvalue weighted by molar-refractivity contribution is -0.146. The molecule has 0 bridgehead atoms. The highest BCUT2D eigenvalue weighted by molar-refractivity contribution is 5.84. The Balaban J connectivity index is 0.00000484. The summed E-state index contributed by atoms with van der Waals surface area (Å²) in [6.07, 6.45) is 20.2. The molecule has 0 spiro atoms. The number of ether oxygens (including phenoxy) is 1. The van der Waals surface area contributed by atoms with Crippen molar-refractivity contribution in [1.82, 2.24) is 10.6 Å². The minimum absolute atomic E-state index is 0. The average Bonchev–Trinajstić information content (AvgIpc) is 3.29. The van der Waals surface area contributed by atoms with Gasteiger partial charge in [0.15, 0.2) is 0 Å². The van der Waals surface area contributed by atoms with Gasteiger partial charge in [0.1, 0.15) is 6.04 Å². The molecule has 0 aliphatic heterocycles. The number of methoxy groups -OCH3 is 1. The van der Waals surface area contributed by atoms with Crippen LogP contribution in [0.2, 0.25) is 0 Å². The summed E-state index contributed by atoms with van der Waals surface area (Å²) >= 11 is 0. The molecule has 1 amide bonds. The maximum atomic E-state index is 12.7. The largest absolute Gasteiger partial charge is 0.467 e. The molecule has 4 aliphatic carbocycles. The molecule has 6 nitrogen and oxygen atoms in total. The van der Waals surface area contributed by atoms with Crippen molar-refractivity contribution >= 4 is 11.9 Å². The van der Waals surface area contributed by atoms with Crippen molar-refractivity contribution in [3.05, 3.63) is 0 Å². The quantitative estimate of drug-likeness (QED) is 0.147. The van der Waals surface area contributed by atoms with Crippen LogP contribution in [-0.4, -0.2) is 44.2 Å². The second-order valence-corrected chi connectivity index (χ2v) is 15.3. The van der Waals surface area contributed by atoms with Gasteiger partial charge in [-0.1, -0.05) is 48.0 Å². The van der Waals surface area contributed by atoms with Crippen LogP contribution in [0.25, 0.3) is 0 Å². The van der Waals surface area contributed by atoms with Gasteiger partial charge in [-0.2, -0.15) is 0 Å². The first kappa shape index (κ1) is 35.3. The molecule has 9 unspecified atom stereocenters. The topological polar surface area (TPSA) is 93.4 Å². The second kappa shape index (κ2) is 15.7. The third kappa shape index (κ3) is 7.73. The van der Waals surface area contributed by atoms with Gasteiger partial charge in [0.05, 0.1) is 7.11 Å². The number of esters is 1. The fraction of sp³-hybridized carbons (Fsp3) is 0.944. The summed E-state index contributed by atoms with van der Waals surface area (Å²) in [6.45, 7) is 11.2. The molecule has 0 heterocycles. The molecule has 0 aromatic heterocycles. The third-order valence-electron chi connectivity index (χ3n) is 12.8. The number of carbonyl (C=O) groups is 2. The Hall–Kier alpha value is -1.14. The molecular weight excluding hydrogens is 522 g/mol. The van der Waals surface area contributed by atoms with E-state index in [1.165, 1.54) is 97.1 Å². The molecule has 4 saturated carbocycles. The van der Waals surface area contributed by atoms with Crippen LogP contribution >= 0.6 is 0 Å². The number of nitrogens with two attached hydrogens (primary N) is 1. The Morgan fingerprint density at radius 3 is 2.33 bits per heavy atom. The number of hydrogen-bond acceptors (Lipinski definition) is 5. The standard InChI is InChI=1S/C35H63N3O3.CH4/c1-24(2)32(33(40)41-5)38-31(39)12-10-11-25-14-16-29-28-15-13-26-23-27(37-22-9-7-6-8-21-36)17-19-35(26,4)30(28)18-20-34(25,29)3;/h24-30,32,37H,6-23,36H2,1-5H3,(H,38,39);1H4. The second-order valence-electron chi connectivity index (χ2n) is 15.3. The van der Waals surface area contributed by atoms with Gasteiger partial charge in [-0.25, -0.2) is 4.79 Å². The Morgan fingerprint density at radius 1 is 0.905 bits per heavy atom. The lowest BCUT2D eigenvalue weighted by atomic mass is 9.44. The minimum Gasteiger partial charge on any atom is -0.467 e. The van der Waals surface area contributed by atoms with E-state index in [4.69, 9.17) is 10.5 Å². The highest BCUT2D eigenvalue weighted by atomic mass is 16.5. The van der Waals surface area contributed by atoms with E-state index < -0.39 is 6.04 Å². The van der Waals surface area contributed by atoms with E-state index in [0.717, 1.165) is 55.0 Å². The highest BCUT2D eigenvalue weighted by Crippen LogP contribution is 2.67. The van der Waals surface area contributed by atoms with Crippen molar-refractivity contribution in [2.45, 2.75) is 150 Å². The number of hydrogen-bond donors (Lipinski definition) is 3. The van der Waals surface area contributed by atoms with E-state index in [1.807, 2.05) is 13.8 Å². The fourth-order valence-electron chi connectivity index (χ4n) is 10.3. The molecule has 0 aromatic carbocycles. The summed E-state index contributed by atoms with van der Waals surface area (Å²) in [5.74, 6) is 3.97. The van der Waals surface area contributed by atoms with Gasteiger partial charge >= 0.3 is 5.97 Å². The van der Waals surface area contributed by atoms with Crippen molar-refractivity contribution in [2.24, 2.45) is 52.1 Å². The molecule has 4 N–H and O–H groups in total. The van der Waals surface area contributed by atoms with Gasteiger partial charge in [0.25, 0.3) is 0 Å². The lowest BCUT2D eigenvalue weighted by Gasteiger charge is -2.61. The van der Waals surface area contributed by atoms with E-state index in [1.54, 1.807) is 0 Å². The lowest BCUT2D eigenvalue weighted by Crippen LogP contribution is -2.55. The summed E-state index contributed by atoms with van der Waals surface area (Å²) in [4.78, 5) is 24.7.